The van der Waals surface area contributed by atoms with E-state index in [0.717, 1.165) is 11.1 Å². The summed E-state index contributed by atoms with van der Waals surface area (Å²) < 4.78 is 22.7. The van der Waals surface area contributed by atoms with Crippen LogP contribution in [-0.4, -0.2) is 38.4 Å². The molecule has 43 heavy (non-hydrogen) atoms. The number of aryl methyl sites for hydroxylation is 1. The van der Waals surface area contributed by atoms with Crippen LogP contribution in [-0.2, 0) is 11.4 Å². The second kappa shape index (κ2) is 15.3. The Kier molecular flexibility index (Phi) is 11.0. The SMILES string of the molecule is CCOc1cc(C(=O)N/N=C/c2cc(Cl)c(OCC(=O)Nc3ccccc3C)c(OC)c2)ccc1OCc1ccccc1. The van der Waals surface area contributed by atoms with Gasteiger partial charge in [-0.05, 0) is 66.9 Å². The number of carbonyl (C=O) groups is 2. The average molecular weight is 602 g/mol. The Balaban J connectivity index is 1.37. The van der Waals surface area contributed by atoms with E-state index in [4.69, 9.17) is 30.5 Å². The molecule has 0 aliphatic heterocycles. The molecule has 0 saturated heterocycles. The van der Waals surface area contributed by atoms with Crippen molar-refractivity contribution in [3.8, 4) is 23.0 Å². The van der Waals surface area contributed by atoms with Gasteiger partial charge in [-0.15, -0.1) is 0 Å². The lowest BCUT2D eigenvalue weighted by Crippen LogP contribution is -2.21. The van der Waals surface area contributed by atoms with Crippen LogP contribution in [0.5, 0.6) is 23.0 Å². The Bertz CT molecular complexity index is 1590. The number of amides is 2. The van der Waals surface area contributed by atoms with Gasteiger partial charge in [0.25, 0.3) is 11.8 Å². The molecule has 0 aliphatic rings. The lowest BCUT2D eigenvalue weighted by molar-refractivity contribution is -0.118. The van der Waals surface area contributed by atoms with Gasteiger partial charge in [0.15, 0.2) is 29.6 Å². The van der Waals surface area contributed by atoms with Crippen LogP contribution < -0.4 is 29.7 Å². The van der Waals surface area contributed by atoms with Gasteiger partial charge in [-0.2, -0.15) is 5.10 Å². The maximum Gasteiger partial charge on any atom is 0.271 e. The van der Waals surface area contributed by atoms with Crippen LogP contribution in [0.25, 0.3) is 0 Å². The van der Waals surface area contributed by atoms with Crippen molar-refractivity contribution in [3.05, 3.63) is 112 Å². The molecule has 2 amide bonds. The summed E-state index contributed by atoms with van der Waals surface area (Å²) in [7, 11) is 1.46. The summed E-state index contributed by atoms with van der Waals surface area (Å²) in [5, 5.41) is 7.07. The van der Waals surface area contributed by atoms with Crippen LogP contribution in [0.15, 0.2) is 90.0 Å². The maximum atomic E-state index is 12.8. The zero-order chi connectivity index (χ0) is 30.6. The second-order valence-corrected chi connectivity index (χ2v) is 9.66. The van der Waals surface area contributed by atoms with Crippen molar-refractivity contribution >= 4 is 35.3 Å². The molecule has 0 aliphatic carbocycles. The number of anilines is 1. The number of rotatable bonds is 13. The summed E-state index contributed by atoms with van der Waals surface area (Å²) in [6.45, 7) is 4.26. The number of nitrogens with zero attached hydrogens (tertiary/aromatic N) is 1. The van der Waals surface area contributed by atoms with Crippen molar-refractivity contribution in [3.63, 3.8) is 0 Å². The van der Waals surface area contributed by atoms with E-state index in [2.05, 4.69) is 15.8 Å². The molecular weight excluding hydrogens is 570 g/mol. The predicted octanol–water partition coefficient (Wildman–Crippen LogP) is 6.42. The lowest BCUT2D eigenvalue weighted by atomic mass is 10.2. The van der Waals surface area contributed by atoms with E-state index < -0.39 is 5.91 Å². The zero-order valence-corrected chi connectivity index (χ0v) is 24.8. The molecule has 222 valence electrons. The van der Waals surface area contributed by atoms with Crippen LogP contribution in [0.4, 0.5) is 5.69 Å². The molecule has 0 fully saturated rings. The molecule has 9 nitrogen and oxygen atoms in total. The van der Waals surface area contributed by atoms with Crippen LogP contribution in [0.3, 0.4) is 0 Å². The third kappa shape index (κ3) is 8.73. The molecule has 0 atom stereocenters. The standard InChI is InChI=1S/C33H32ClN3O6/c1-4-41-29-18-25(14-15-28(29)42-20-23-11-6-5-7-12-23)33(39)37-35-19-24-16-26(34)32(30(17-24)40-3)43-21-31(38)36-27-13-9-8-10-22(27)2/h5-19H,4,20-21H2,1-3H3,(H,36,38)(H,37,39)/b35-19+. The number of methoxy groups -OCH3 is 1. The van der Waals surface area contributed by atoms with Crippen LogP contribution in [0.1, 0.15) is 34.0 Å². The molecule has 4 rings (SSSR count). The molecule has 4 aromatic carbocycles. The lowest BCUT2D eigenvalue weighted by Gasteiger charge is -2.14. The highest BCUT2D eigenvalue weighted by atomic mass is 35.5. The van der Waals surface area contributed by atoms with Gasteiger partial charge in [-0.3, -0.25) is 9.59 Å². The number of hydrogen-bond donors (Lipinski definition) is 2. The summed E-state index contributed by atoms with van der Waals surface area (Å²) in [6, 6.07) is 25.3. The molecule has 0 unspecified atom stereocenters. The van der Waals surface area contributed by atoms with E-state index >= 15 is 0 Å². The smallest absolute Gasteiger partial charge is 0.271 e. The first-order chi connectivity index (χ1) is 20.9. The Morgan fingerprint density at radius 1 is 0.884 bits per heavy atom. The van der Waals surface area contributed by atoms with E-state index in [1.165, 1.54) is 13.3 Å². The number of para-hydroxylation sites is 1. The topological polar surface area (TPSA) is 107 Å². The number of benzene rings is 4. The largest absolute Gasteiger partial charge is 0.493 e. The third-order valence-electron chi connectivity index (χ3n) is 6.14. The van der Waals surface area contributed by atoms with E-state index in [1.54, 1.807) is 30.3 Å². The Morgan fingerprint density at radius 2 is 1.65 bits per heavy atom. The van der Waals surface area contributed by atoms with Crippen LogP contribution >= 0.6 is 11.6 Å². The van der Waals surface area contributed by atoms with Crippen molar-refractivity contribution in [2.24, 2.45) is 5.10 Å². The van der Waals surface area contributed by atoms with Gasteiger partial charge in [0.2, 0.25) is 0 Å². The van der Waals surface area contributed by atoms with Gasteiger partial charge < -0.3 is 24.3 Å². The number of nitrogens with one attached hydrogen (secondary N) is 2. The summed E-state index contributed by atoms with van der Waals surface area (Å²) >= 11 is 6.43. The highest BCUT2D eigenvalue weighted by molar-refractivity contribution is 6.32. The first-order valence-corrected chi connectivity index (χ1v) is 13.9. The van der Waals surface area contributed by atoms with E-state index in [1.807, 2.05) is 68.4 Å². The predicted molar refractivity (Wildman–Crippen MR) is 167 cm³/mol. The first kappa shape index (κ1) is 30.9. The third-order valence-corrected chi connectivity index (χ3v) is 6.42. The van der Waals surface area contributed by atoms with Crippen molar-refractivity contribution in [1.82, 2.24) is 5.43 Å². The minimum atomic E-state index is -0.440. The number of hydrazone groups is 1. The fourth-order valence-corrected chi connectivity index (χ4v) is 4.27. The monoisotopic (exact) mass is 601 g/mol. The van der Waals surface area contributed by atoms with E-state index in [9.17, 15) is 9.59 Å². The summed E-state index contributed by atoms with van der Waals surface area (Å²) in [5.74, 6) is 0.713. The molecule has 10 heteroatoms. The summed E-state index contributed by atoms with van der Waals surface area (Å²) in [4.78, 5) is 25.2. The maximum absolute atomic E-state index is 12.8. The molecule has 2 N–H and O–H groups in total. The highest BCUT2D eigenvalue weighted by Crippen LogP contribution is 2.36. The Morgan fingerprint density at radius 3 is 2.40 bits per heavy atom. The van der Waals surface area contributed by atoms with Crippen molar-refractivity contribution in [2.75, 3.05) is 25.6 Å². The van der Waals surface area contributed by atoms with Crippen molar-refractivity contribution in [1.29, 1.82) is 0 Å². The molecule has 0 aromatic heterocycles. The number of carbonyl (C=O) groups excluding carboxylic acids is 2. The molecule has 0 heterocycles. The first-order valence-electron chi connectivity index (χ1n) is 13.5. The summed E-state index contributed by atoms with van der Waals surface area (Å²) in [6.07, 6.45) is 1.42. The van der Waals surface area contributed by atoms with Gasteiger partial charge in [0.1, 0.15) is 6.61 Å². The number of ether oxygens (including phenoxy) is 4. The van der Waals surface area contributed by atoms with Gasteiger partial charge in [-0.1, -0.05) is 60.1 Å². The average Bonchev–Trinajstić information content (AvgIpc) is 3.01. The quantitative estimate of drug-likeness (QED) is 0.135. The van der Waals surface area contributed by atoms with Crippen molar-refractivity contribution in [2.45, 2.75) is 20.5 Å². The number of halogens is 1. The molecule has 0 saturated carbocycles. The second-order valence-electron chi connectivity index (χ2n) is 9.25. The van der Waals surface area contributed by atoms with Gasteiger partial charge in [-0.25, -0.2) is 5.43 Å². The minimum Gasteiger partial charge on any atom is -0.493 e. The van der Waals surface area contributed by atoms with Gasteiger partial charge in [0, 0.05) is 11.3 Å². The van der Waals surface area contributed by atoms with Gasteiger partial charge >= 0.3 is 0 Å². The molecule has 0 radical (unpaired) electrons. The van der Waals surface area contributed by atoms with Crippen LogP contribution in [0, 0.1) is 6.92 Å². The highest BCUT2D eigenvalue weighted by Gasteiger charge is 2.15. The fourth-order valence-electron chi connectivity index (χ4n) is 3.99. The van der Waals surface area contributed by atoms with E-state index in [0.29, 0.717) is 47.3 Å². The Hall–Kier alpha value is -5.02. The zero-order valence-electron chi connectivity index (χ0n) is 24.1. The minimum absolute atomic E-state index is 0.211. The van der Waals surface area contributed by atoms with Crippen molar-refractivity contribution < 1.29 is 28.5 Å². The summed E-state index contributed by atoms with van der Waals surface area (Å²) in [5.41, 5.74) is 6.03. The molecular formula is C33H32ClN3O6. The Labute approximate surface area is 255 Å². The molecule has 4 aromatic rings. The molecule has 0 spiro atoms. The molecule has 0 bridgehead atoms. The fraction of sp³-hybridized carbons (Fsp3) is 0.182. The number of hydrogen-bond acceptors (Lipinski definition) is 7. The van der Waals surface area contributed by atoms with Gasteiger partial charge in [0.05, 0.1) is 25.0 Å². The normalized spacial score (nSPS) is 10.7. The van der Waals surface area contributed by atoms with E-state index in [-0.39, 0.29) is 23.3 Å². The van der Waals surface area contributed by atoms with Crippen LogP contribution in [0.2, 0.25) is 5.02 Å².